The van der Waals surface area contributed by atoms with Crippen LogP contribution in [0.1, 0.15) is 354 Å². The molecule has 79 heavy (non-hydrogen) atoms. The normalized spacial score (nSPS) is 13.9. The van der Waals surface area contributed by atoms with E-state index >= 15 is 0 Å². The number of hydrogen-bond acceptors (Lipinski definition) is 5. The van der Waals surface area contributed by atoms with Crippen LogP contribution in [0.4, 0.5) is 0 Å². The van der Waals surface area contributed by atoms with Crippen LogP contribution in [-0.2, 0) is 18.4 Å². The number of carbonyl (C=O) groups is 1. The Bertz CT molecular complexity index is 1380. The zero-order valence-corrected chi connectivity index (χ0v) is 54.5. The highest BCUT2D eigenvalue weighted by Gasteiger charge is 2.28. The van der Waals surface area contributed by atoms with Crippen LogP contribution in [0.15, 0.2) is 36.5 Å². The molecule has 0 heterocycles. The largest absolute Gasteiger partial charge is 0.472 e. The number of amides is 1. The summed E-state index contributed by atoms with van der Waals surface area (Å²) < 4.78 is 23.9. The molecule has 0 saturated heterocycles. The van der Waals surface area contributed by atoms with Crippen molar-refractivity contribution in [2.24, 2.45) is 0 Å². The second kappa shape index (κ2) is 61.3. The Kier molecular flexibility index (Phi) is 60.3. The maximum atomic E-state index is 13.1. The lowest BCUT2D eigenvalue weighted by molar-refractivity contribution is -0.870. The van der Waals surface area contributed by atoms with E-state index in [-0.39, 0.29) is 19.1 Å². The number of likely N-dealkylation sites (N-methyl/N-ethyl adjacent to an activating group) is 1. The predicted molar refractivity (Wildman–Crippen MR) is 346 cm³/mol. The first-order valence-electron chi connectivity index (χ1n) is 34.9. The number of unbranched alkanes of at least 4 members (excludes halogenated alkanes) is 46. The molecule has 0 aromatic heterocycles. The van der Waals surface area contributed by atoms with E-state index in [0.717, 1.165) is 51.4 Å². The van der Waals surface area contributed by atoms with Crippen molar-refractivity contribution in [3.8, 4) is 0 Å². The number of nitrogens with zero attached hydrogens (tertiary/aromatic N) is 1. The van der Waals surface area contributed by atoms with Gasteiger partial charge in [-0.15, -0.1) is 0 Å². The zero-order chi connectivity index (χ0) is 57.7. The van der Waals surface area contributed by atoms with Crippen molar-refractivity contribution in [3.63, 3.8) is 0 Å². The summed E-state index contributed by atoms with van der Waals surface area (Å²) >= 11 is 0. The fourth-order valence-corrected chi connectivity index (χ4v) is 11.4. The first-order chi connectivity index (χ1) is 38.5. The van der Waals surface area contributed by atoms with Crippen LogP contribution in [-0.4, -0.2) is 73.4 Å². The average Bonchev–Trinajstić information content (AvgIpc) is 3.42. The number of nitrogens with one attached hydrogen (secondary N) is 1. The highest BCUT2D eigenvalue weighted by molar-refractivity contribution is 7.47. The van der Waals surface area contributed by atoms with E-state index in [1.807, 2.05) is 21.1 Å². The van der Waals surface area contributed by atoms with E-state index in [2.05, 4.69) is 55.6 Å². The van der Waals surface area contributed by atoms with Gasteiger partial charge in [0, 0.05) is 6.42 Å². The lowest BCUT2D eigenvalue weighted by Gasteiger charge is -2.26. The Labute approximate surface area is 493 Å². The maximum absolute atomic E-state index is 13.1. The molecule has 8 nitrogen and oxygen atoms in total. The molecule has 0 aliphatic heterocycles. The summed E-state index contributed by atoms with van der Waals surface area (Å²) in [6.07, 6.45) is 81.0. The SMILES string of the molecule is CCCCCCC/C=C\C/C=C\C/C=C\CCCCCCCCCCCCCCC(=O)NC(COP(=O)(O)OCC[N+](C)(C)C)C(O)CCCCCCCCCCCCCCCCCCCCCCCCCCCCCCCC. The molecule has 0 saturated carbocycles. The molecule has 0 aliphatic carbocycles. The summed E-state index contributed by atoms with van der Waals surface area (Å²) in [5.74, 6) is -0.141. The monoisotopic (exact) mass is 1130 g/mol. The van der Waals surface area contributed by atoms with Crippen LogP contribution in [0.25, 0.3) is 0 Å². The van der Waals surface area contributed by atoms with Crippen LogP contribution >= 0.6 is 7.82 Å². The molecule has 0 spiro atoms. The van der Waals surface area contributed by atoms with Crippen molar-refractivity contribution in [2.45, 2.75) is 366 Å². The van der Waals surface area contributed by atoms with Gasteiger partial charge in [0.1, 0.15) is 13.2 Å². The van der Waals surface area contributed by atoms with Gasteiger partial charge < -0.3 is 19.8 Å². The molecule has 3 N–H and O–H groups in total. The van der Waals surface area contributed by atoms with E-state index in [1.54, 1.807) is 0 Å². The third-order valence-corrected chi connectivity index (χ3v) is 17.1. The second-order valence-corrected chi connectivity index (χ2v) is 26.7. The molecule has 0 bridgehead atoms. The summed E-state index contributed by atoms with van der Waals surface area (Å²) in [4.78, 5) is 23.5. The van der Waals surface area contributed by atoms with Gasteiger partial charge in [0.05, 0.1) is 39.9 Å². The summed E-state index contributed by atoms with van der Waals surface area (Å²) in [5.41, 5.74) is 0. The van der Waals surface area contributed by atoms with E-state index < -0.39 is 20.0 Å². The summed E-state index contributed by atoms with van der Waals surface area (Å²) in [6, 6.07) is -0.764. The van der Waals surface area contributed by atoms with Crippen LogP contribution in [0, 0.1) is 0 Å². The van der Waals surface area contributed by atoms with Gasteiger partial charge in [0.2, 0.25) is 5.91 Å². The molecule has 9 heteroatoms. The topological polar surface area (TPSA) is 105 Å². The fourth-order valence-electron chi connectivity index (χ4n) is 10.7. The number of carbonyl (C=O) groups excluding carboxylic acids is 1. The number of aliphatic hydroxyl groups excluding tert-OH is 1. The minimum absolute atomic E-state index is 0.0751. The molecule has 0 aliphatic rings. The quantitative estimate of drug-likeness (QED) is 0.0243. The lowest BCUT2D eigenvalue weighted by atomic mass is 10.0. The number of phosphoric ester groups is 1. The molecule has 0 fully saturated rings. The van der Waals surface area contributed by atoms with E-state index in [1.165, 1.54) is 276 Å². The Morgan fingerprint density at radius 2 is 0.722 bits per heavy atom. The van der Waals surface area contributed by atoms with Gasteiger partial charge in [-0.25, -0.2) is 4.57 Å². The molecule has 468 valence electrons. The molecule has 0 aromatic rings. The Hall–Kier alpha value is -1.28. The Morgan fingerprint density at radius 1 is 0.430 bits per heavy atom. The molecule has 0 radical (unpaired) electrons. The average molecular weight is 1130 g/mol. The zero-order valence-electron chi connectivity index (χ0n) is 53.6. The Morgan fingerprint density at radius 3 is 1.05 bits per heavy atom. The number of hydrogen-bond donors (Lipinski definition) is 3. The number of phosphoric acid groups is 1. The van der Waals surface area contributed by atoms with Gasteiger partial charge in [0.25, 0.3) is 0 Å². The van der Waals surface area contributed by atoms with Crippen LogP contribution < -0.4 is 5.32 Å². The minimum atomic E-state index is -4.33. The first kappa shape index (κ1) is 77.7. The number of rotatable bonds is 65. The van der Waals surface area contributed by atoms with Crippen molar-refractivity contribution in [3.05, 3.63) is 36.5 Å². The van der Waals surface area contributed by atoms with Crippen molar-refractivity contribution in [1.29, 1.82) is 0 Å². The molecular formula is C70H138N2O6P+. The lowest BCUT2D eigenvalue weighted by Crippen LogP contribution is -2.46. The van der Waals surface area contributed by atoms with Gasteiger partial charge in [-0.3, -0.25) is 13.8 Å². The van der Waals surface area contributed by atoms with Gasteiger partial charge in [-0.2, -0.15) is 0 Å². The fraction of sp³-hybridized carbons (Fsp3) is 0.900. The molecule has 3 atom stereocenters. The summed E-state index contributed by atoms with van der Waals surface area (Å²) in [5, 5.41) is 14.2. The van der Waals surface area contributed by atoms with Gasteiger partial charge in [-0.05, 0) is 51.4 Å². The first-order valence-corrected chi connectivity index (χ1v) is 36.3. The highest BCUT2D eigenvalue weighted by Crippen LogP contribution is 2.43. The van der Waals surface area contributed by atoms with Crippen molar-refractivity contribution >= 4 is 13.7 Å². The third-order valence-electron chi connectivity index (χ3n) is 16.1. The molecule has 3 unspecified atom stereocenters. The minimum Gasteiger partial charge on any atom is -0.391 e. The van der Waals surface area contributed by atoms with Crippen molar-refractivity contribution in [1.82, 2.24) is 5.32 Å². The van der Waals surface area contributed by atoms with E-state index in [9.17, 15) is 19.4 Å². The summed E-state index contributed by atoms with van der Waals surface area (Å²) in [6.45, 7) is 4.93. The molecule has 0 aromatic carbocycles. The van der Waals surface area contributed by atoms with Crippen molar-refractivity contribution in [2.75, 3.05) is 40.9 Å². The number of aliphatic hydroxyl groups is 1. The molecular weight excluding hydrogens is 996 g/mol. The predicted octanol–water partition coefficient (Wildman–Crippen LogP) is 22.1. The van der Waals surface area contributed by atoms with Crippen molar-refractivity contribution < 1.29 is 32.9 Å². The third kappa shape index (κ3) is 64.1. The standard InChI is InChI=1S/C70H137N2O6P/c1-6-8-10-12-14-16-18-20-22-24-26-28-30-32-34-35-36-38-39-41-43-45-47-49-51-53-55-57-59-61-63-69(73)68(67-78-79(75,76)77-66-65-72(3,4)5)71-70(74)64-62-60-58-56-54-52-50-48-46-44-42-40-37-33-31-29-27-25-23-21-19-17-15-13-11-9-7-2/h19,21,25,27,31,33,68-69,73H,6-18,20,22-24,26,28-30,32,34-67H2,1-5H3,(H-,71,74,75,76)/p+1/b21-19-,27-25-,33-31-. The van der Waals surface area contributed by atoms with E-state index in [4.69, 9.17) is 9.05 Å². The van der Waals surface area contributed by atoms with Crippen LogP contribution in [0.5, 0.6) is 0 Å². The second-order valence-electron chi connectivity index (χ2n) is 25.3. The van der Waals surface area contributed by atoms with Gasteiger partial charge in [0.15, 0.2) is 0 Å². The molecule has 1 amide bonds. The molecule has 0 rings (SSSR count). The van der Waals surface area contributed by atoms with E-state index in [0.29, 0.717) is 23.9 Å². The van der Waals surface area contributed by atoms with Gasteiger partial charge >= 0.3 is 7.82 Å². The smallest absolute Gasteiger partial charge is 0.391 e. The maximum Gasteiger partial charge on any atom is 0.472 e. The van der Waals surface area contributed by atoms with Crippen LogP contribution in [0.3, 0.4) is 0 Å². The highest BCUT2D eigenvalue weighted by atomic mass is 31.2. The summed E-state index contributed by atoms with van der Waals surface area (Å²) in [7, 11) is 1.63. The van der Waals surface area contributed by atoms with Gasteiger partial charge in [-0.1, -0.05) is 333 Å². The Balaban J connectivity index is 4.03. The number of quaternary nitrogens is 1. The number of allylic oxidation sites excluding steroid dienone is 6. The van der Waals surface area contributed by atoms with Crippen LogP contribution in [0.2, 0.25) is 0 Å².